The molecule has 0 atom stereocenters. The maximum atomic E-state index is 12.1. The molecule has 1 amide bonds. The van der Waals surface area contributed by atoms with E-state index in [2.05, 4.69) is 18.3 Å². The van der Waals surface area contributed by atoms with Gasteiger partial charge < -0.3 is 0 Å². The normalized spacial score (nSPS) is 10.6. The number of anilines is 1. The van der Waals surface area contributed by atoms with Crippen LogP contribution in [0, 0.1) is 0 Å². The van der Waals surface area contributed by atoms with Crippen molar-refractivity contribution in [2.24, 2.45) is 0 Å². The average molecular weight is 338 g/mol. The van der Waals surface area contributed by atoms with Crippen LogP contribution in [-0.4, -0.2) is 33.8 Å². The van der Waals surface area contributed by atoms with Gasteiger partial charge in [0.05, 0.1) is 0 Å². The van der Waals surface area contributed by atoms with Crippen molar-refractivity contribution in [2.75, 3.05) is 5.32 Å². The van der Waals surface area contributed by atoms with Gasteiger partial charge in [-0.05, 0) is 0 Å². The third-order valence-electron chi connectivity index (χ3n) is 2.52. The number of fused-ring (bicyclic) bond motifs is 1. The topological polar surface area (TPSA) is 67.8 Å². The van der Waals surface area contributed by atoms with E-state index in [4.69, 9.17) is 11.6 Å². The molecule has 0 saturated carbocycles. The molecule has 0 bridgehead atoms. The van der Waals surface area contributed by atoms with Crippen LogP contribution in [0.1, 0.15) is 10.4 Å². The minimum absolute atomic E-state index is 0.120. The van der Waals surface area contributed by atoms with Crippen molar-refractivity contribution >= 4 is 49.2 Å². The summed E-state index contributed by atoms with van der Waals surface area (Å²) in [5.41, 5.74) is 2.69. The molecular formula is C12H7ClN4OSe. The first-order valence-corrected chi connectivity index (χ1v) is 7.29. The Balaban J connectivity index is 1.90. The molecule has 0 fully saturated rings. The zero-order valence-corrected chi connectivity index (χ0v) is 12.0. The van der Waals surface area contributed by atoms with E-state index in [0.717, 1.165) is 11.0 Å². The van der Waals surface area contributed by atoms with Gasteiger partial charge in [-0.15, -0.1) is 0 Å². The standard InChI is InChI=1S/C12H7ClN4OSe/c13-10-5-4-7(6-14-10)12(18)15-8-2-1-3-9-11(8)17-19-16-9/h1-6H,(H,15,18). The number of pyridine rings is 1. The summed E-state index contributed by atoms with van der Waals surface area (Å²) in [5, 5.41) is 3.17. The van der Waals surface area contributed by atoms with E-state index in [-0.39, 0.29) is 20.9 Å². The van der Waals surface area contributed by atoms with Crippen LogP contribution in [0.3, 0.4) is 0 Å². The van der Waals surface area contributed by atoms with Gasteiger partial charge in [0.25, 0.3) is 0 Å². The Morgan fingerprint density at radius 3 is 2.89 bits per heavy atom. The molecular weight excluding hydrogens is 331 g/mol. The molecule has 3 rings (SSSR count). The molecule has 2 aromatic heterocycles. The SMILES string of the molecule is O=C(Nc1cccc2n[se]nc12)c1ccc(Cl)nc1. The zero-order chi connectivity index (χ0) is 13.2. The molecule has 7 heteroatoms. The summed E-state index contributed by atoms with van der Waals surface area (Å²) in [4.78, 5) is 15.9. The number of hydrogen-bond donors (Lipinski definition) is 1. The molecule has 1 N–H and O–H groups in total. The molecule has 0 aliphatic carbocycles. The van der Waals surface area contributed by atoms with Gasteiger partial charge in [-0.3, -0.25) is 0 Å². The van der Waals surface area contributed by atoms with Crippen molar-refractivity contribution < 1.29 is 4.79 Å². The van der Waals surface area contributed by atoms with E-state index in [1.165, 1.54) is 6.20 Å². The third kappa shape index (κ3) is 2.51. The van der Waals surface area contributed by atoms with E-state index < -0.39 is 0 Å². The number of hydrogen-bond acceptors (Lipinski definition) is 4. The second-order valence-corrected chi connectivity index (χ2v) is 5.26. The summed E-state index contributed by atoms with van der Waals surface area (Å²) in [6.45, 7) is 0. The Morgan fingerprint density at radius 1 is 1.21 bits per heavy atom. The van der Waals surface area contributed by atoms with Crippen molar-refractivity contribution in [2.45, 2.75) is 0 Å². The van der Waals surface area contributed by atoms with Crippen molar-refractivity contribution in [3.8, 4) is 0 Å². The Bertz CT molecular complexity index is 741. The van der Waals surface area contributed by atoms with Crippen LogP contribution in [-0.2, 0) is 0 Å². The number of nitrogens with one attached hydrogen (secondary N) is 1. The van der Waals surface area contributed by atoms with Crippen molar-refractivity contribution in [1.82, 2.24) is 12.9 Å². The van der Waals surface area contributed by atoms with Gasteiger partial charge in [0.1, 0.15) is 0 Å². The van der Waals surface area contributed by atoms with Crippen LogP contribution < -0.4 is 5.32 Å². The second-order valence-electron chi connectivity index (χ2n) is 3.76. The van der Waals surface area contributed by atoms with E-state index in [9.17, 15) is 4.79 Å². The van der Waals surface area contributed by atoms with Crippen molar-refractivity contribution in [1.29, 1.82) is 0 Å². The van der Waals surface area contributed by atoms with Gasteiger partial charge >= 0.3 is 119 Å². The van der Waals surface area contributed by atoms with Gasteiger partial charge in [0.15, 0.2) is 0 Å². The summed E-state index contributed by atoms with van der Waals surface area (Å²) in [6, 6.07) is 8.73. The summed E-state index contributed by atoms with van der Waals surface area (Å²) in [7, 11) is 0. The first-order valence-electron chi connectivity index (χ1n) is 5.38. The molecule has 2 heterocycles. The molecule has 19 heavy (non-hydrogen) atoms. The second kappa shape index (κ2) is 5.09. The average Bonchev–Trinajstić information content (AvgIpc) is 2.89. The molecule has 0 aliphatic heterocycles. The molecule has 3 aromatic rings. The molecule has 5 nitrogen and oxygen atoms in total. The molecule has 1 aromatic carbocycles. The van der Waals surface area contributed by atoms with Gasteiger partial charge in [0, 0.05) is 0 Å². The fourth-order valence-electron chi connectivity index (χ4n) is 1.61. The predicted molar refractivity (Wildman–Crippen MR) is 73.7 cm³/mol. The number of amides is 1. The van der Waals surface area contributed by atoms with E-state index >= 15 is 0 Å². The first-order chi connectivity index (χ1) is 9.24. The minimum atomic E-state index is -0.243. The summed E-state index contributed by atoms with van der Waals surface area (Å²) in [5.74, 6) is -0.243. The zero-order valence-electron chi connectivity index (χ0n) is 9.50. The molecule has 94 valence electrons. The molecule has 0 unspecified atom stereocenters. The summed E-state index contributed by atoms with van der Waals surface area (Å²) in [6.07, 6.45) is 1.44. The Labute approximate surface area is 119 Å². The molecule has 0 radical (unpaired) electrons. The van der Waals surface area contributed by atoms with Gasteiger partial charge in [-0.25, -0.2) is 0 Å². The van der Waals surface area contributed by atoms with Crippen LogP contribution in [0.15, 0.2) is 36.5 Å². The Morgan fingerprint density at radius 2 is 2.11 bits per heavy atom. The number of carbonyl (C=O) groups excluding carboxylic acids is 1. The molecule has 0 spiro atoms. The quantitative estimate of drug-likeness (QED) is 0.573. The maximum absolute atomic E-state index is 12.1. The molecule has 0 saturated heterocycles. The first kappa shape index (κ1) is 12.3. The number of benzene rings is 1. The van der Waals surface area contributed by atoms with E-state index in [1.54, 1.807) is 18.2 Å². The Hall–Kier alpha value is -1.75. The van der Waals surface area contributed by atoms with Crippen LogP contribution in [0.4, 0.5) is 5.69 Å². The van der Waals surface area contributed by atoms with Crippen LogP contribution >= 0.6 is 11.6 Å². The van der Waals surface area contributed by atoms with Crippen LogP contribution in [0.2, 0.25) is 5.15 Å². The summed E-state index contributed by atoms with van der Waals surface area (Å²) >= 11 is 5.57. The van der Waals surface area contributed by atoms with Gasteiger partial charge in [0.2, 0.25) is 0 Å². The van der Waals surface area contributed by atoms with E-state index in [1.807, 2.05) is 12.1 Å². The number of halogens is 1. The number of nitrogens with zero attached hydrogens (tertiary/aromatic N) is 3. The molecule has 0 aliphatic rings. The number of carbonyl (C=O) groups is 1. The monoisotopic (exact) mass is 338 g/mol. The van der Waals surface area contributed by atoms with Gasteiger partial charge in [-0.1, -0.05) is 0 Å². The number of rotatable bonds is 2. The number of aromatic nitrogens is 3. The van der Waals surface area contributed by atoms with Crippen molar-refractivity contribution in [3.63, 3.8) is 0 Å². The summed E-state index contributed by atoms with van der Waals surface area (Å²) < 4.78 is 8.57. The third-order valence-corrected chi connectivity index (χ3v) is 3.89. The fourth-order valence-corrected chi connectivity index (χ4v) is 2.88. The van der Waals surface area contributed by atoms with E-state index in [0.29, 0.717) is 16.4 Å². The Kier molecular flexibility index (Phi) is 3.29. The fraction of sp³-hybridized carbons (Fsp3) is 0. The van der Waals surface area contributed by atoms with Crippen LogP contribution in [0.5, 0.6) is 0 Å². The van der Waals surface area contributed by atoms with Crippen molar-refractivity contribution in [3.05, 3.63) is 47.2 Å². The van der Waals surface area contributed by atoms with Gasteiger partial charge in [-0.2, -0.15) is 0 Å². The van der Waals surface area contributed by atoms with Crippen LogP contribution in [0.25, 0.3) is 11.0 Å². The predicted octanol–water partition coefficient (Wildman–Crippen LogP) is 1.99.